The molecule has 5 nitrogen and oxygen atoms in total. The molecule has 1 aromatic rings. The number of likely N-dealkylation sites (N-methyl/N-ethyl adjacent to an activating group) is 1. The molecule has 0 radical (unpaired) electrons. The zero-order valence-electron chi connectivity index (χ0n) is 8.16. The fraction of sp³-hybridized carbons (Fsp3) is 0.556. The average molecular weight is 194 g/mol. The van der Waals surface area contributed by atoms with Crippen molar-refractivity contribution in [3.8, 4) is 0 Å². The summed E-state index contributed by atoms with van der Waals surface area (Å²) in [6, 6.07) is 1.97. The van der Waals surface area contributed by atoms with Gasteiger partial charge in [0.15, 0.2) is 0 Å². The molecule has 0 spiro atoms. The fourth-order valence-corrected chi connectivity index (χ4v) is 1.71. The number of hydrogen-bond acceptors (Lipinski definition) is 4. The quantitative estimate of drug-likeness (QED) is 0.670. The molecule has 0 saturated carbocycles. The molecule has 0 amide bonds. The minimum Gasteiger partial charge on any atom is -0.355 e. The summed E-state index contributed by atoms with van der Waals surface area (Å²) in [7, 11) is 1.97. The third-order valence-corrected chi connectivity index (χ3v) is 2.61. The monoisotopic (exact) mass is 194 g/mol. The zero-order valence-corrected chi connectivity index (χ0v) is 8.16. The van der Waals surface area contributed by atoms with Crippen molar-refractivity contribution in [1.29, 1.82) is 0 Å². The van der Waals surface area contributed by atoms with Crippen LogP contribution in [0, 0.1) is 0 Å². The van der Waals surface area contributed by atoms with E-state index in [-0.39, 0.29) is 5.56 Å². The van der Waals surface area contributed by atoms with Gasteiger partial charge in [-0.2, -0.15) is 0 Å². The molecule has 1 aliphatic heterocycles. The summed E-state index contributed by atoms with van der Waals surface area (Å²) >= 11 is 0. The van der Waals surface area contributed by atoms with Crippen molar-refractivity contribution < 1.29 is 0 Å². The lowest BCUT2D eigenvalue weighted by Gasteiger charge is -2.24. The lowest BCUT2D eigenvalue weighted by molar-refractivity contribution is 0.676. The van der Waals surface area contributed by atoms with Gasteiger partial charge in [-0.25, -0.2) is 4.98 Å². The van der Waals surface area contributed by atoms with Gasteiger partial charge < -0.3 is 15.2 Å². The van der Waals surface area contributed by atoms with Crippen LogP contribution in [-0.4, -0.2) is 36.1 Å². The van der Waals surface area contributed by atoms with E-state index < -0.39 is 0 Å². The van der Waals surface area contributed by atoms with Crippen molar-refractivity contribution >= 4 is 5.82 Å². The minimum absolute atomic E-state index is 0.104. The van der Waals surface area contributed by atoms with Crippen LogP contribution in [0.3, 0.4) is 0 Å². The van der Waals surface area contributed by atoms with E-state index in [1.165, 1.54) is 12.4 Å². The standard InChI is InChI=1S/C9H14N4O/c1-13(7-2-3-10-5-7)8-4-9(14)12-6-11-8/h4,6-7,10H,2-3,5H2,1H3,(H,11,12,14). The number of aromatic nitrogens is 2. The number of aromatic amines is 1. The van der Waals surface area contributed by atoms with Crippen molar-refractivity contribution in [2.45, 2.75) is 12.5 Å². The lowest BCUT2D eigenvalue weighted by atomic mass is 10.2. The van der Waals surface area contributed by atoms with E-state index in [0.717, 1.165) is 25.3 Å². The second-order valence-corrected chi connectivity index (χ2v) is 3.53. The maximum absolute atomic E-state index is 11.1. The zero-order chi connectivity index (χ0) is 9.97. The van der Waals surface area contributed by atoms with Gasteiger partial charge in [0.1, 0.15) is 5.82 Å². The molecule has 0 bridgehead atoms. The Morgan fingerprint density at radius 1 is 1.64 bits per heavy atom. The minimum atomic E-state index is -0.104. The Labute approximate surface area is 82.2 Å². The van der Waals surface area contributed by atoms with Gasteiger partial charge in [0.05, 0.1) is 6.33 Å². The second kappa shape index (κ2) is 3.79. The SMILES string of the molecule is CN(c1cc(=O)[nH]cn1)C1CCNC1. The molecule has 14 heavy (non-hydrogen) atoms. The third kappa shape index (κ3) is 1.77. The summed E-state index contributed by atoms with van der Waals surface area (Å²) in [5.74, 6) is 0.738. The van der Waals surface area contributed by atoms with E-state index in [1.54, 1.807) is 0 Å². The molecular weight excluding hydrogens is 180 g/mol. The van der Waals surface area contributed by atoms with Gasteiger partial charge in [-0.15, -0.1) is 0 Å². The Morgan fingerprint density at radius 3 is 3.14 bits per heavy atom. The summed E-state index contributed by atoms with van der Waals surface area (Å²) in [6.45, 7) is 2.00. The van der Waals surface area contributed by atoms with Crippen LogP contribution in [0.2, 0.25) is 0 Å². The molecule has 1 unspecified atom stereocenters. The van der Waals surface area contributed by atoms with Gasteiger partial charge in [0, 0.05) is 25.7 Å². The van der Waals surface area contributed by atoms with E-state index in [9.17, 15) is 4.79 Å². The topological polar surface area (TPSA) is 61.0 Å². The number of anilines is 1. The predicted octanol–water partition coefficient (Wildman–Crippen LogP) is -0.432. The van der Waals surface area contributed by atoms with E-state index in [2.05, 4.69) is 20.2 Å². The lowest BCUT2D eigenvalue weighted by Crippen LogP contribution is -2.34. The molecule has 1 atom stereocenters. The normalized spacial score (nSPS) is 21.1. The van der Waals surface area contributed by atoms with Crippen LogP contribution < -0.4 is 15.8 Å². The van der Waals surface area contributed by atoms with Gasteiger partial charge in [0.25, 0.3) is 5.56 Å². The molecule has 0 aliphatic carbocycles. The molecule has 1 aliphatic rings. The fourth-order valence-electron chi connectivity index (χ4n) is 1.71. The van der Waals surface area contributed by atoms with E-state index >= 15 is 0 Å². The van der Waals surface area contributed by atoms with Crippen LogP contribution >= 0.6 is 0 Å². The van der Waals surface area contributed by atoms with Crippen molar-refractivity contribution in [2.75, 3.05) is 25.0 Å². The Hall–Kier alpha value is -1.36. The van der Waals surface area contributed by atoms with Gasteiger partial charge in [-0.1, -0.05) is 0 Å². The smallest absolute Gasteiger partial charge is 0.252 e. The Kier molecular flexibility index (Phi) is 2.49. The maximum Gasteiger partial charge on any atom is 0.252 e. The van der Waals surface area contributed by atoms with Gasteiger partial charge in [0.2, 0.25) is 0 Å². The summed E-state index contributed by atoms with van der Waals surface area (Å²) in [5.41, 5.74) is -0.104. The molecule has 2 heterocycles. The largest absolute Gasteiger partial charge is 0.355 e. The first-order valence-electron chi connectivity index (χ1n) is 4.75. The van der Waals surface area contributed by atoms with Crippen LogP contribution in [0.15, 0.2) is 17.2 Å². The number of nitrogens with zero attached hydrogens (tertiary/aromatic N) is 2. The van der Waals surface area contributed by atoms with E-state index in [4.69, 9.17) is 0 Å². The van der Waals surface area contributed by atoms with Crippen molar-refractivity contribution in [3.63, 3.8) is 0 Å². The van der Waals surface area contributed by atoms with Crippen LogP contribution in [0.5, 0.6) is 0 Å². The van der Waals surface area contributed by atoms with Crippen LogP contribution in [-0.2, 0) is 0 Å². The summed E-state index contributed by atoms with van der Waals surface area (Å²) in [6.07, 6.45) is 2.54. The number of nitrogens with one attached hydrogen (secondary N) is 2. The first kappa shape index (κ1) is 9.21. The Balaban J connectivity index is 2.17. The van der Waals surface area contributed by atoms with Crippen molar-refractivity contribution in [3.05, 3.63) is 22.7 Å². The first-order chi connectivity index (χ1) is 6.77. The highest BCUT2D eigenvalue weighted by molar-refractivity contribution is 5.37. The predicted molar refractivity (Wildman–Crippen MR) is 54.5 cm³/mol. The van der Waals surface area contributed by atoms with E-state index in [1.807, 2.05) is 7.05 Å². The average Bonchev–Trinajstić information content (AvgIpc) is 2.69. The molecule has 76 valence electrons. The molecule has 0 aromatic carbocycles. The number of rotatable bonds is 2. The maximum atomic E-state index is 11.1. The molecule has 1 aromatic heterocycles. The summed E-state index contributed by atoms with van der Waals surface area (Å²) in [5, 5.41) is 3.28. The molecule has 1 saturated heterocycles. The van der Waals surface area contributed by atoms with Crippen LogP contribution in [0.1, 0.15) is 6.42 Å². The van der Waals surface area contributed by atoms with Crippen molar-refractivity contribution in [2.24, 2.45) is 0 Å². The highest BCUT2D eigenvalue weighted by Crippen LogP contribution is 2.12. The number of hydrogen-bond donors (Lipinski definition) is 2. The highest BCUT2D eigenvalue weighted by atomic mass is 16.1. The van der Waals surface area contributed by atoms with Crippen LogP contribution in [0.25, 0.3) is 0 Å². The van der Waals surface area contributed by atoms with Gasteiger partial charge in [-0.05, 0) is 13.0 Å². The van der Waals surface area contributed by atoms with E-state index in [0.29, 0.717) is 6.04 Å². The molecule has 5 heteroatoms. The van der Waals surface area contributed by atoms with Gasteiger partial charge >= 0.3 is 0 Å². The molecule has 2 rings (SSSR count). The third-order valence-electron chi connectivity index (χ3n) is 2.61. The summed E-state index contributed by atoms with van der Waals surface area (Å²) < 4.78 is 0. The Bertz CT molecular complexity index is 356. The molecule has 1 fully saturated rings. The van der Waals surface area contributed by atoms with Crippen molar-refractivity contribution in [1.82, 2.24) is 15.3 Å². The number of H-pyrrole nitrogens is 1. The van der Waals surface area contributed by atoms with Gasteiger partial charge in [-0.3, -0.25) is 4.79 Å². The summed E-state index contributed by atoms with van der Waals surface area (Å²) in [4.78, 5) is 19.8. The van der Waals surface area contributed by atoms with Crippen LogP contribution in [0.4, 0.5) is 5.82 Å². The first-order valence-corrected chi connectivity index (χ1v) is 4.75. The Morgan fingerprint density at radius 2 is 2.50 bits per heavy atom. The highest BCUT2D eigenvalue weighted by Gasteiger charge is 2.20. The molecular formula is C9H14N4O. The second-order valence-electron chi connectivity index (χ2n) is 3.53. The molecule has 2 N–H and O–H groups in total.